The molecule has 0 N–H and O–H groups in total. The third-order valence-electron chi connectivity index (χ3n) is 14.3. The maximum atomic E-state index is 5.18. The number of rotatable bonds is 11. The lowest BCUT2D eigenvalue weighted by molar-refractivity contribution is 0.344. The van der Waals surface area contributed by atoms with E-state index in [1.165, 1.54) is 51.9 Å². The number of aromatic nitrogens is 6. The molecule has 0 amide bonds. The molecule has 12 rings (SSSR count). The van der Waals surface area contributed by atoms with Gasteiger partial charge < -0.3 is 0 Å². The Bertz CT molecular complexity index is 3630. The van der Waals surface area contributed by atoms with Crippen LogP contribution in [0.5, 0.6) is 0 Å². The Labute approximate surface area is 414 Å². The SMILES string of the molecule is CC/C=C(\C=C/Cc1nc(-c2ccc3ccccc3c2)nc(-c2ccc3ccccc3c2)n1)C1(c2ccc(-c3nc(-c4ccc5ccccc5c4)nc(-c4ccc5ccccc5c4)n3)cc2)CCCCC1. The van der Waals surface area contributed by atoms with Crippen LogP contribution in [0.3, 0.4) is 0 Å². The van der Waals surface area contributed by atoms with Gasteiger partial charge in [0.2, 0.25) is 0 Å². The quantitative estimate of drug-likeness (QED) is 0.120. The van der Waals surface area contributed by atoms with Gasteiger partial charge in [0.05, 0.1) is 0 Å². The standard InChI is InChI=1S/C65H52N6/c1-2-15-57(24-14-25-59-66-61(53-30-26-44-16-4-8-20-49(44)40-53)70-62(67-59)54-31-27-45-17-5-9-21-50(45)41-54)65(38-12-3-13-39-65)58-36-34-48(35-37-58)60-68-63(55-32-28-46-18-6-10-22-51(46)42-55)71-64(69-60)56-33-29-47-19-7-11-23-52(47)43-56/h4-11,14-24,26-37,40-43H,2-3,12-13,25,38-39H2,1H3/b24-14-,57-15+. The molecule has 0 atom stereocenters. The lowest BCUT2D eigenvalue weighted by Crippen LogP contribution is -2.31. The van der Waals surface area contributed by atoms with Crippen LogP contribution >= 0.6 is 0 Å². The van der Waals surface area contributed by atoms with E-state index < -0.39 is 0 Å². The zero-order chi connectivity index (χ0) is 47.6. The summed E-state index contributed by atoms with van der Waals surface area (Å²) in [5.74, 6) is 4.06. The van der Waals surface area contributed by atoms with E-state index in [1.807, 2.05) is 0 Å². The molecule has 1 aliphatic carbocycles. The van der Waals surface area contributed by atoms with Crippen molar-refractivity contribution in [3.63, 3.8) is 0 Å². The van der Waals surface area contributed by atoms with Gasteiger partial charge in [0.25, 0.3) is 0 Å². The number of allylic oxidation sites excluding steroid dienone is 4. The molecule has 2 aromatic heterocycles. The van der Waals surface area contributed by atoms with Gasteiger partial charge in [0.15, 0.2) is 29.1 Å². The van der Waals surface area contributed by atoms with E-state index in [1.54, 1.807) is 0 Å². The molecule has 0 bridgehead atoms. The third kappa shape index (κ3) is 8.90. The minimum Gasteiger partial charge on any atom is -0.213 e. The van der Waals surface area contributed by atoms with Gasteiger partial charge >= 0.3 is 0 Å². The van der Waals surface area contributed by atoms with Gasteiger partial charge in [-0.05, 0) is 97.8 Å². The van der Waals surface area contributed by atoms with Crippen LogP contribution in [0.4, 0.5) is 0 Å². The highest BCUT2D eigenvalue weighted by molar-refractivity contribution is 5.90. The second-order valence-electron chi connectivity index (χ2n) is 18.8. The fraction of sp³-hybridized carbons (Fsp3) is 0.138. The summed E-state index contributed by atoms with van der Waals surface area (Å²) in [5, 5.41) is 9.35. The van der Waals surface area contributed by atoms with E-state index >= 15 is 0 Å². The molecule has 0 radical (unpaired) electrons. The molecule has 6 heteroatoms. The number of nitrogens with zero attached hydrogens (tertiary/aromatic N) is 6. The summed E-state index contributed by atoms with van der Waals surface area (Å²) in [4.78, 5) is 30.9. The number of fused-ring (bicyclic) bond motifs is 4. The van der Waals surface area contributed by atoms with Gasteiger partial charge in [-0.1, -0.05) is 214 Å². The monoisotopic (exact) mass is 916 g/mol. The molecular formula is C65H52N6. The Morgan fingerprint density at radius 3 is 1.14 bits per heavy atom. The van der Waals surface area contributed by atoms with Gasteiger partial charge in [0, 0.05) is 39.7 Å². The molecule has 9 aromatic carbocycles. The van der Waals surface area contributed by atoms with Crippen LogP contribution in [0.25, 0.3) is 100 Å². The predicted molar refractivity (Wildman–Crippen MR) is 293 cm³/mol. The average Bonchev–Trinajstić information content (AvgIpc) is 3.44. The second-order valence-corrected chi connectivity index (χ2v) is 18.8. The van der Waals surface area contributed by atoms with Crippen molar-refractivity contribution in [2.24, 2.45) is 0 Å². The molecule has 0 aliphatic heterocycles. The minimum atomic E-state index is -0.138. The van der Waals surface area contributed by atoms with Gasteiger partial charge in [-0.3, -0.25) is 0 Å². The first-order valence-corrected chi connectivity index (χ1v) is 25.0. The van der Waals surface area contributed by atoms with Crippen LogP contribution in [0, 0.1) is 0 Å². The lowest BCUT2D eigenvalue weighted by atomic mass is 9.64. The molecule has 1 fully saturated rings. The maximum absolute atomic E-state index is 5.18. The van der Waals surface area contributed by atoms with E-state index in [4.69, 9.17) is 29.9 Å². The molecule has 71 heavy (non-hydrogen) atoms. The van der Waals surface area contributed by atoms with Crippen LogP contribution in [0.15, 0.2) is 218 Å². The Morgan fingerprint density at radius 2 is 0.746 bits per heavy atom. The van der Waals surface area contributed by atoms with Crippen molar-refractivity contribution in [1.29, 1.82) is 0 Å². The van der Waals surface area contributed by atoms with Crippen molar-refractivity contribution in [1.82, 2.24) is 29.9 Å². The van der Waals surface area contributed by atoms with Crippen molar-refractivity contribution in [2.75, 3.05) is 0 Å². The highest BCUT2D eigenvalue weighted by Crippen LogP contribution is 2.46. The fourth-order valence-corrected chi connectivity index (χ4v) is 10.6. The normalized spacial score (nSPS) is 14.0. The van der Waals surface area contributed by atoms with Crippen molar-refractivity contribution >= 4 is 43.1 Å². The first-order chi connectivity index (χ1) is 35.0. The molecule has 11 aromatic rings. The fourth-order valence-electron chi connectivity index (χ4n) is 10.6. The molecule has 0 unspecified atom stereocenters. The van der Waals surface area contributed by atoms with E-state index in [2.05, 4.69) is 219 Å². The van der Waals surface area contributed by atoms with Crippen molar-refractivity contribution in [3.05, 3.63) is 229 Å². The summed E-state index contributed by atoms with van der Waals surface area (Å²) in [5.41, 5.74) is 7.36. The van der Waals surface area contributed by atoms with Gasteiger partial charge in [-0.15, -0.1) is 0 Å². The molecule has 1 saturated carbocycles. The van der Waals surface area contributed by atoms with Crippen LogP contribution in [0.1, 0.15) is 56.8 Å². The summed E-state index contributed by atoms with van der Waals surface area (Å²) in [6, 6.07) is 68.6. The van der Waals surface area contributed by atoms with Crippen LogP contribution < -0.4 is 0 Å². The van der Waals surface area contributed by atoms with E-state index in [0.717, 1.165) is 74.4 Å². The minimum absolute atomic E-state index is 0.138. The summed E-state index contributed by atoms with van der Waals surface area (Å²) >= 11 is 0. The van der Waals surface area contributed by atoms with E-state index in [0.29, 0.717) is 35.5 Å². The molecule has 1 aliphatic rings. The summed E-state index contributed by atoms with van der Waals surface area (Å²) in [6.45, 7) is 2.24. The van der Waals surface area contributed by atoms with Crippen molar-refractivity contribution in [3.8, 4) is 56.9 Å². The predicted octanol–water partition coefficient (Wildman–Crippen LogP) is 16.3. The average molecular weight is 917 g/mol. The van der Waals surface area contributed by atoms with E-state index in [-0.39, 0.29) is 5.41 Å². The van der Waals surface area contributed by atoms with E-state index in [9.17, 15) is 0 Å². The summed E-state index contributed by atoms with van der Waals surface area (Å²) in [6.07, 6.45) is 14.3. The zero-order valence-corrected chi connectivity index (χ0v) is 39.8. The Kier molecular flexibility index (Phi) is 11.8. The van der Waals surface area contributed by atoms with Crippen LogP contribution in [-0.2, 0) is 11.8 Å². The Morgan fingerprint density at radius 1 is 0.394 bits per heavy atom. The van der Waals surface area contributed by atoms with Gasteiger partial charge in [-0.2, -0.15) is 0 Å². The lowest BCUT2D eigenvalue weighted by Gasteiger charge is -2.39. The molecule has 2 heterocycles. The zero-order valence-electron chi connectivity index (χ0n) is 39.8. The maximum Gasteiger partial charge on any atom is 0.164 e. The largest absolute Gasteiger partial charge is 0.213 e. The Balaban J connectivity index is 0.889. The van der Waals surface area contributed by atoms with Gasteiger partial charge in [0.1, 0.15) is 5.82 Å². The molecule has 0 spiro atoms. The summed E-state index contributed by atoms with van der Waals surface area (Å²) < 4.78 is 0. The third-order valence-corrected chi connectivity index (χ3v) is 14.3. The van der Waals surface area contributed by atoms with Crippen molar-refractivity contribution in [2.45, 2.75) is 57.3 Å². The smallest absolute Gasteiger partial charge is 0.164 e. The topological polar surface area (TPSA) is 77.3 Å². The van der Waals surface area contributed by atoms with Crippen molar-refractivity contribution < 1.29 is 0 Å². The van der Waals surface area contributed by atoms with Gasteiger partial charge in [-0.25, -0.2) is 29.9 Å². The summed E-state index contributed by atoms with van der Waals surface area (Å²) in [7, 11) is 0. The molecular weight excluding hydrogens is 865 g/mol. The number of hydrogen-bond acceptors (Lipinski definition) is 6. The number of benzene rings is 9. The first kappa shape index (κ1) is 43.8. The Hall–Kier alpha value is -8.48. The second kappa shape index (κ2) is 19.1. The van der Waals surface area contributed by atoms with Crippen LogP contribution in [0.2, 0.25) is 0 Å². The van der Waals surface area contributed by atoms with Crippen LogP contribution in [-0.4, -0.2) is 29.9 Å². The highest BCUT2D eigenvalue weighted by Gasteiger charge is 2.36. The molecule has 342 valence electrons. The first-order valence-electron chi connectivity index (χ1n) is 25.0. The highest BCUT2D eigenvalue weighted by atomic mass is 15.0. The number of hydrogen-bond donors (Lipinski definition) is 0. The molecule has 0 saturated heterocycles. The molecule has 6 nitrogen and oxygen atoms in total.